The number of nitrogens with one attached hydrogen (secondary N) is 2. The van der Waals surface area contributed by atoms with E-state index >= 15 is 0 Å². The molecule has 1 spiro atoms. The topological polar surface area (TPSA) is 123 Å². The van der Waals surface area contributed by atoms with E-state index < -0.39 is 11.7 Å². The summed E-state index contributed by atoms with van der Waals surface area (Å²) in [7, 11) is 0. The summed E-state index contributed by atoms with van der Waals surface area (Å²) in [4.78, 5) is 41.7. The van der Waals surface area contributed by atoms with Gasteiger partial charge in [-0.05, 0) is 71.5 Å². The monoisotopic (exact) mass is 602 g/mol. The van der Waals surface area contributed by atoms with Crippen molar-refractivity contribution in [2.45, 2.75) is 18.8 Å². The molecule has 9 nitrogen and oxygen atoms in total. The van der Waals surface area contributed by atoms with Gasteiger partial charge in [-0.1, -0.05) is 35.9 Å². The number of rotatable bonds is 7. The van der Waals surface area contributed by atoms with Crippen molar-refractivity contribution in [1.29, 1.82) is 0 Å². The van der Waals surface area contributed by atoms with Gasteiger partial charge < -0.3 is 25.8 Å². The molecule has 0 bridgehead atoms. The summed E-state index contributed by atoms with van der Waals surface area (Å²) in [6.45, 7) is 0.722. The van der Waals surface area contributed by atoms with E-state index in [9.17, 15) is 14.4 Å². The first kappa shape index (κ1) is 27.9. The van der Waals surface area contributed by atoms with Crippen molar-refractivity contribution in [3.05, 3.63) is 99.9 Å². The number of hydrogen-bond acceptors (Lipinski definition) is 7. The highest BCUT2D eigenvalue weighted by Crippen LogP contribution is 2.46. The molecule has 3 aromatic carbocycles. The molecule has 2 aliphatic heterocycles. The van der Waals surface area contributed by atoms with Crippen LogP contribution in [-0.2, 0) is 31.4 Å². The lowest BCUT2D eigenvalue weighted by atomic mass is 10.1. The number of halogens is 1. The molecule has 0 atom stereocenters. The molecule has 6 rings (SSSR count). The lowest BCUT2D eigenvalue weighted by Crippen LogP contribution is -2.49. The van der Waals surface area contributed by atoms with Crippen LogP contribution in [0.3, 0.4) is 0 Å². The number of nitrogens with two attached hydrogens (primary N) is 1. The smallest absolute Gasteiger partial charge is 0.293 e. The Morgan fingerprint density at radius 1 is 1.02 bits per heavy atom. The Bertz CT molecular complexity index is 1650. The summed E-state index contributed by atoms with van der Waals surface area (Å²) >= 11 is 7.80. The number of benzene rings is 3. The van der Waals surface area contributed by atoms with Crippen molar-refractivity contribution in [2.75, 3.05) is 35.7 Å². The highest BCUT2D eigenvalue weighted by atomic mass is 35.5. The van der Waals surface area contributed by atoms with E-state index in [-0.39, 0.29) is 24.9 Å². The van der Waals surface area contributed by atoms with Crippen molar-refractivity contribution < 1.29 is 23.9 Å². The van der Waals surface area contributed by atoms with Gasteiger partial charge in [-0.25, -0.2) is 0 Å². The Labute approximate surface area is 251 Å². The number of carbonyl (C=O) groups excluding carboxylic acids is 3. The van der Waals surface area contributed by atoms with Crippen LogP contribution >= 0.6 is 22.9 Å². The molecule has 3 heterocycles. The highest BCUT2D eigenvalue weighted by Gasteiger charge is 2.55. The van der Waals surface area contributed by atoms with Gasteiger partial charge in [0.2, 0.25) is 5.91 Å². The SMILES string of the molecule is Nc1ccc(-c2cccs2)cc1NC(=O)c1ccc(CNC(=O)CN2C(=O)C3(OCCCO3)c3cc(Cl)ccc32)cc1. The maximum absolute atomic E-state index is 13.4. The minimum atomic E-state index is -1.58. The Morgan fingerprint density at radius 3 is 2.55 bits per heavy atom. The van der Waals surface area contributed by atoms with Gasteiger partial charge in [-0.15, -0.1) is 11.3 Å². The summed E-state index contributed by atoms with van der Waals surface area (Å²) in [6, 6.07) is 21.4. The van der Waals surface area contributed by atoms with Crippen molar-refractivity contribution in [2.24, 2.45) is 0 Å². The second-order valence-electron chi connectivity index (χ2n) is 9.93. The van der Waals surface area contributed by atoms with Crippen LogP contribution in [0.5, 0.6) is 0 Å². The van der Waals surface area contributed by atoms with Crippen LogP contribution < -0.4 is 21.3 Å². The molecule has 0 unspecified atom stereocenters. The van der Waals surface area contributed by atoms with Crippen molar-refractivity contribution in [3.8, 4) is 10.4 Å². The molecule has 0 saturated carbocycles. The second kappa shape index (κ2) is 11.6. The summed E-state index contributed by atoms with van der Waals surface area (Å²) < 4.78 is 11.6. The molecule has 42 heavy (non-hydrogen) atoms. The maximum Gasteiger partial charge on any atom is 0.293 e. The van der Waals surface area contributed by atoms with Gasteiger partial charge in [-0.3, -0.25) is 19.3 Å². The van der Waals surface area contributed by atoms with Gasteiger partial charge in [-0.2, -0.15) is 0 Å². The van der Waals surface area contributed by atoms with Crippen molar-refractivity contribution >= 4 is 57.7 Å². The van der Waals surface area contributed by atoms with Gasteiger partial charge >= 0.3 is 0 Å². The van der Waals surface area contributed by atoms with Gasteiger partial charge in [0.05, 0.1) is 30.3 Å². The molecular weight excluding hydrogens is 576 g/mol. The average molecular weight is 603 g/mol. The zero-order chi connectivity index (χ0) is 29.3. The third-order valence-electron chi connectivity index (χ3n) is 7.14. The number of thiophene rings is 1. The summed E-state index contributed by atoms with van der Waals surface area (Å²) in [5.74, 6) is -2.69. The summed E-state index contributed by atoms with van der Waals surface area (Å²) in [6.07, 6.45) is 0.669. The molecule has 11 heteroatoms. The van der Waals surface area contributed by atoms with E-state index in [4.69, 9.17) is 26.8 Å². The van der Waals surface area contributed by atoms with E-state index in [2.05, 4.69) is 10.6 Å². The fourth-order valence-electron chi connectivity index (χ4n) is 5.01. The number of nitrogen functional groups attached to an aromatic ring is 1. The number of ether oxygens (including phenoxy) is 2. The molecule has 1 saturated heterocycles. The predicted molar refractivity (Wildman–Crippen MR) is 162 cm³/mol. The van der Waals surface area contributed by atoms with Crippen LogP contribution in [0, 0.1) is 0 Å². The van der Waals surface area contributed by atoms with Crippen molar-refractivity contribution in [3.63, 3.8) is 0 Å². The molecule has 3 amide bonds. The van der Waals surface area contributed by atoms with Gasteiger partial charge in [0.1, 0.15) is 6.54 Å². The van der Waals surface area contributed by atoms with Crippen LogP contribution in [0.4, 0.5) is 17.1 Å². The van der Waals surface area contributed by atoms with Crippen LogP contribution in [0.1, 0.15) is 27.9 Å². The molecule has 4 N–H and O–H groups in total. The lowest BCUT2D eigenvalue weighted by Gasteiger charge is -2.32. The second-order valence-corrected chi connectivity index (χ2v) is 11.3. The molecule has 1 aromatic heterocycles. The summed E-state index contributed by atoms with van der Waals surface area (Å²) in [5, 5.41) is 8.16. The molecule has 2 aliphatic rings. The Hall–Kier alpha value is -4.22. The fraction of sp³-hybridized carbons (Fsp3) is 0.194. The largest absolute Gasteiger partial charge is 0.397 e. The minimum absolute atomic E-state index is 0.212. The number of hydrogen-bond donors (Lipinski definition) is 3. The lowest BCUT2D eigenvalue weighted by molar-refractivity contribution is -0.256. The van der Waals surface area contributed by atoms with Gasteiger partial charge in [0.15, 0.2) is 0 Å². The first-order valence-electron chi connectivity index (χ1n) is 13.3. The van der Waals surface area contributed by atoms with Gasteiger partial charge in [0, 0.05) is 27.6 Å². The first-order valence-corrected chi connectivity index (χ1v) is 14.6. The third-order valence-corrected chi connectivity index (χ3v) is 8.30. The van der Waals surface area contributed by atoms with Gasteiger partial charge in [0.25, 0.3) is 17.6 Å². The Kier molecular flexibility index (Phi) is 7.70. The zero-order valence-corrected chi connectivity index (χ0v) is 24.0. The zero-order valence-electron chi connectivity index (χ0n) is 22.4. The van der Waals surface area contributed by atoms with E-state index in [1.165, 1.54) is 4.90 Å². The first-order chi connectivity index (χ1) is 20.3. The molecule has 214 valence electrons. The standard InChI is InChI=1S/C31H27ClN4O5S/c32-22-9-11-26-23(16-22)31(40-12-2-13-41-31)30(39)36(26)18-28(37)34-17-19-4-6-20(7-5-19)29(38)35-25-15-21(8-10-24(25)33)27-3-1-14-42-27/h1,3-11,14-16H,2,12-13,17-18,33H2,(H,34,37)(H,35,38). The highest BCUT2D eigenvalue weighted by molar-refractivity contribution is 7.13. The van der Waals surface area contributed by atoms with E-state index in [0.29, 0.717) is 52.8 Å². The molecule has 4 aromatic rings. The maximum atomic E-state index is 13.4. The molecular formula is C31H27ClN4O5S. The van der Waals surface area contributed by atoms with Crippen LogP contribution in [0.2, 0.25) is 5.02 Å². The third kappa shape index (κ3) is 5.37. The van der Waals surface area contributed by atoms with E-state index in [1.54, 1.807) is 59.9 Å². The predicted octanol–water partition coefficient (Wildman–Crippen LogP) is 5.16. The quantitative estimate of drug-likeness (QED) is 0.251. The Balaban J connectivity index is 1.08. The van der Waals surface area contributed by atoms with Crippen LogP contribution in [0.15, 0.2) is 78.2 Å². The number of nitrogens with zero attached hydrogens (tertiary/aromatic N) is 1. The van der Waals surface area contributed by atoms with Crippen LogP contribution in [-0.4, -0.2) is 37.5 Å². The summed E-state index contributed by atoms with van der Waals surface area (Å²) in [5.41, 5.74) is 10.3. The van der Waals surface area contributed by atoms with E-state index in [1.807, 2.05) is 29.6 Å². The fourth-order valence-corrected chi connectivity index (χ4v) is 5.90. The molecule has 0 radical (unpaired) electrons. The molecule has 1 fully saturated rings. The van der Waals surface area contributed by atoms with Crippen LogP contribution in [0.25, 0.3) is 10.4 Å². The number of fused-ring (bicyclic) bond motifs is 2. The van der Waals surface area contributed by atoms with Crippen molar-refractivity contribution in [1.82, 2.24) is 5.32 Å². The minimum Gasteiger partial charge on any atom is -0.397 e. The average Bonchev–Trinajstić information content (AvgIpc) is 3.61. The normalized spacial score (nSPS) is 15.5. The van der Waals surface area contributed by atoms with E-state index in [0.717, 1.165) is 16.0 Å². The number of anilines is 3. The number of amides is 3. The Morgan fingerprint density at radius 2 is 1.81 bits per heavy atom. The number of carbonyl (C=O) groups is 3. The molecule has 0 aliphatic carbocycles.